The lowest BCUT2D eigenvalue weighted by molar-refractivity contribution is -0.150. The van der Waals surface area contributed by atoms with E-state index in [1.54, 1.807) is 5.38 Å². The molecular formula is C16H16N6O4S4. The number of nitrogens with two attached hydrogens (primary N) is 1. The Balaban J connectivity index is 1.43. The van der Waals surface area contributed by atoms with E-state index in [-0.39, 0.29) is 18.0 Å². The fraction of sp³-hybridized carbons (Fsp3) is 0.375. The molecule has 2 aromatic heterocycles. The zero-order valence-electron chi connectivity index (χ0n) is 15.5. The minimum absolute atomic E-state index is 0.00439. The third-order valence-electron chi connectivity index (χ3n) is 4.35. The molecule has 4 heterocycles. The molecule has 0 aromatic carbocycles. The zero-order valence-corrected chi connectivity index (χ0v) is 18.8. The standard InChI is InChI=1S/C16H16N6O4S4/c1-6-20-21-16(30-6)29-4-7-3-27-13-10(12(24)22(13)11(7)14(25)26)19-9(23)2-8-5-28-15(17)18-8/h5,10,13H,2-4H2,1H3,(H2,17,18)(H,19,23)(H,25,26)/t10?,13-/m0/s1. The smallest absolute Gasteiger partial charge is 0.352 e. The number of hydrogen-bond donors (Lipinski definition) is 3. The molecular weight excluding hydrogens is 468 g/mol. The number of fused-ring (bicyclic) bond motifs is 1. The molecule has 4 N–H and O–H groups in total. The van der Waals surface area contributed by atoms with E-state index in [1.807, 2.05) is 6.92 Å². The maximum atomic E-state index is 12.7. The Bertz CT molecular complexity index is 1050. The van der Waals surface area contributed by atoms with Crippen molar-refractivity contribution >= 4 is 69.1 Å². The maximum Gasteiger partial charge on any atom is 0.352 e. The molecule has 2 atom stereocenters. The third-order valence-corrected chi connectivity index (χ3v) is 8.48. The summed E-state index contributed by atoms with van der Waals surface area (Å²) >= 11 is 5.51. The minimum Gasteiger partial charge on any atom is -0.477 e. The number of carboxylic acid groups (broad SMARTS) is 1. The molecule has 0 bridgehead atoms. The van der Waals surface area contributed by atoms with Gasteiger partial charge in [-0.05, 0) is 12.5 Å². The van der Waals surface area contributed by atoms with Crippen molar-refractivity contribution in [2.24, 2.45) is 0 Å². The van der Waals surface area contributed by atoms with Gasteiger partial charge in [0.2, 0.25) is 5.91 Å². The Labute approximate surface area is 187 Å². The predicted molar refractivity (Wildman–Crippen MR) is 115 cm³/mol. The van der Waals surface area contributed by atoms with E-state index >= 15 is 0 Å². The second-order valence-electron chi connectivity index (χ2n) is 6.44. The molecule has 0 aliphatic carbocycles. The second-order valence-corrected chi connectivity index (χ2v) is 10.8. The molecule has 14 heteroatoms. The highest BCUT2D eigenvalue weighted by Crippen LogP contribution is 2.41. The molecule has 2 aliphatic heterocycles. The van der Waals surface area contributed by atoms with Crippen molar-refractivity contribution in [3.05, 3.63) is 27.4 Å². The van der Waals surface area contributed by atoms with Gasteiger partial charge in [-0.2, -0.15) is 0 Å². The van der Waals surface area contributed by atoms with Crippen LogP contribution in [0.4, 0.5) is 5.13 Å². The van der Waals surface area contributed by atoms with Gasteiger partial charge in [0.15, 0.2) is 9.47 Å². The number of carbonyl (C=O) groups is 3. The molecule has 1 saturated heterocycles. The lowest BCUT2D eigenvalue weighted by Gasteiger charge is -2.49. The van der Waals surface area contributed by atoms with Crippen LogP contribution in [0.1, 0.15) is 10.7 Å². The number of hydrogen-bond acceptors (Lipinski definition) is 11. The number of aryl methyl sites for hydroxylation is 1. The van der Waals surface area contributed by atoms with Crippen LogP contribution in [0.5, 0.6) is 0 Å². The highest BCUT2D eigenvalue weighted by molar-refractivity contribution is 8.01. The fourth-order valence-electron chi connectivity index (χ4n) is 3.07. The first-order valence-corrected chi connectivity index (χ1v) is 12.4. The first kappa shape index (κ1) is 21.1. The van der Waals surface area contributed by atoms with Gasteiger partial charge in [-0.3, -0.25) is 14.5 Å². The number of nitrogens with one attached hydrogen (secondary N) is 1. The maximum absolute atomic E-state index is 12.7. The van der Waals surface area contributed by atoms with Gasteiger partial charge in [0.05, 0.1) is 12.1 Å². The van der Waals surface area contributed by atoms with Gasteiger partial charge < -0.3 is 16.2 Å². The van der Waals surface area contributed by atoms with E-state index in [1.165, 1.54) is 51.1 Å². The van der Waals surface area contributed by atoms with Crippen LogP contribution in [-0.4, -0.2) is 65.9 Å². The van der Waals surface area contributed by atoms with Crippen molar-refractivity contribution in [2.45, 2.75) is 29.1 Å². The van der Waals surface area contributed by atoms with Crippen LogP contribution < -0.4 is 11.1 Å². The molecule has 0 radical (unpaired) electrons. The van der Waals surface area contributed by atoms with E-state index in [4.69, 9.17) is 5.73 Å². The molecule has 2 aliphatic rings. The van der Waals surface area contributed by atoms with E-state index in [9.17, 15) is 19.5 Å². The Kier molecular flexibility index (Phi) is 5.99. The molecule has 10 nitrogen and oxygen atoms in total. The first-order chi connectivity index (χ1) is 14.3. The second kappa shape index (κ2) is 8.53. The van der Waals surface area contributed by atoms with Crippen LogP contribution in [0.3, 0.4) is 0 Å². The molecule has 0 saturated carbocycles. The average Bonchev–Trinajstić information content (AvgIpc) is 3.31. The monoisotopic (exact) mass is 484 g/mol. The summed E-state index contributed by atoms with van der Waals surface area (Å²) in [6.45, 7) is 1.85. The number of rotatable bonds is 7. The van der Waals surface area contributed by atoms with Crippen molar-refractivity contribution in [1.29, 1.82) is 0 Å². The fourth-order valence-corrected chi connectivity index (χ4v) is 6.94. The minimum atomic E-state index is -1.15. The largest absolute Gasteiger partial charge is 0.477 e. The summed E-state index contributed by atoms with van der Waals surface area (Å²) in [5.74, 6) is -1.07. The number of thiazole rings is 1. The summed E-state index contributed by atoms with van der Waals surface area (Å²) in [7, 11) is 0. The van der Waals surface area contributed by atoms with Crippen LogP contribution in [0.25, 0.3) is 0 Å². The van der Waals surface area contributed by atoms with Crippen LogP contribution in [0, 0.1) is 6.92 Å². The molecule has 158 valence electrons. The van der Waals surface area contributed by atoms with Gasteiger partial charge in [-0.1, -0.05) is 23.1 Å². The highest BCUT2D eigenvalue weighted by atomic mass is 32.2. The molecule has 1 unspecified atom stereocenters. The lowest BCUT2D eigenvalue weighted by Crippen LogP contribution is -2.70. The van der Waals surface area contributed by atoms with Gasteiger partial charge in [0.25, 0.3) is 5.91 Å². The van der Waals surface area contributed by atoms with E-state index in [0.717, 1.165) is 9.35 Å². The highest BCUT2D eigenvalue weighted by Gasteiger charge is 2.54. The number of carbonyl (C=O) groups excluding carboxylic acids is 2. The Morgan fingerprint density at radius 3 is 2.87 bits per heavy atom. The average molecular weight is 485 g/mol. The number of nitrogens with zero attached hydrogens (tertiary/aromatic N) is 4. The molecule has 30 heavy (non-hydrogen) atoms. The summed E-state index contributed by atoms with van der Waals surface area (Å²) in [5, 5.41) is 22.8. The van der Waals surface area contributed by atoms with Crippen molar-refractivity contribution in [3.63, 3.8) is 0 Å². The summed E-state index contributed by atoms with van der Waals surface area (Å²) in [5.41, 5.74) is 6.75. The number of β-lactam (4-membered cyclic amide) rings is 1. The molecule has 1 fully saturated rings. The molecule has 2 aromatic rings. The first-order valence-electron chi connectivity index (χ1n) is 8.65. The van der Waals surface area contributed by atoms with E-state index < -0.39 is 23.3 Å². The normalized spacial score (nSPS) is 20.7. The number of anilines is 1. The number of aromatic nitrogens is 3. The third kappa shape index (κ3) is 4.17. The van der Waals surface area contributed by atoms with Crippen molar-refractivity contribution in [2.75, 3.05) is 17.2 Å². The Hall–Kier alpha value is -2.16. The number of thioether (sulfide) groups is 2. The quantitative estimate of drug-likeness (QED) is 0.383. The summed E-state index contributed by atoms with van der Waals surface area (Å²) in [6, 6.07) is -0.757. The van der Waals surface area contributed by atoms with E-state index in [2.05, 4.69) is 20.5 Å². The van der Waals surface area contributed by atoms with Gasteiger partial charge >= 0.3 is 5.97 Å². The molecule has 2 amide bonds. The van der Waals surface area contributed by atoms with Crippen molar-refractivity contribution in [1.82, 2.24) is 25.4 Å². The topological polar surface area (TPSA) is 151 Å². The number of carboxylic acids is 1. The number of nitrogen functional groups attached to an aromatic ring is 1. The van der Waals surface area contributed by atoms with Crippen LogP contribution >= 0.6 is 46.2 Å². The van der Waals surface area contributed by atoms with Crippen LogP contribution in [0.15, 0.2) is 21.0 Å². The van der Waals surface area contributed by atoms with Crippen LogP contribution in [0.2, 0.25) is 0 Å². The number of aliphatic carboxylic acids is 1. The SMILES string of the molecule is Cc1nnc(SCC2=C(C(=O)O)N3C(=O)C(NC(=O)Cc4csc(N)n4)[C@@H]3SC2)s1. The predicted octanol–water partition coefficient (Wildman–Crippen LogP) is 0.959. The Morgan fingerprint density at radius 1 is 1.43 bits per heavy atom. The van der Waals surface area contributed by atoms with Gasteiger partial charge in [0, 0.05) is 16.9 Å². The van der Waals surface area contributed by atoms with Gasteiger partial charge in [-0.15, -0.1) is 33.3 Å². The Morgan fingerprint density at radius 2 is 2.23 bits per heavy atom. The summed E-state index contributed by atoms with van der Waals surface area (Å²) in [6.07, 6.45) is 0.0135. The van der Waals surface area contributed by atoms with Crippen molar-refractivity contribution in [3.8, 4) is 0 Å². The summed E-state index contributed by atoms with van der Waals surface area (Å²) in [4.78, 5) is 42.1. The van der Waals surface area contributed by atoms with E-state index in [0.29, 0.717) is 27.9 Å². The zero-order chi connectivity index (χ0) is 21.4. The van der Waals surface area contributed by atoms with Crippen molar-refractivity contribution < 1.29 is 19.5 Å². The molecule has 0 spiro atoms. The summed E-state index contributed by atoms with van der Waals surface area (Å²) < 4.78 is 0.750. The van der Waals surface area contributed by atoms with Gasteiger partial charge in [-0.25, -0.2) is 9.78 Å². The molecule has 4 rings (SSSR count). The van der Waals surface area contributed by atoms with Crippen LogP contribution in [-0.2, 0) is 20.8 Å². The lowest BCUT2D eigenvalue weighted by atomic mass is 10.0. The number of amides is 2. The van der Waals surface area contributed by atoms with Gasteiger partial charge in [0.1, 0.15) is 22.1 Å².